The highest BCUT2D eigenvalue weighted by molar-refractivity contribution is 5.80. The first-order chi connectivity index (χ1) is 19.9. The van der Waals surface area contributed by atoms with Crippen molar-refractivity contribution in [2.45, 2.75) is 38.6 Å². The normalized spacial score (nSPS) is 11.0. The third kappa shape index (κ3) is 8.85. The fourth-order valence-corrected chi connectivity index (χ4v) is 4.60. The number of unbranched alkanes of at least 4 members (excludes halogenated alkanes) is 4. The molecule has 4 aromatic rings. The number of fused-ring (bicyclic) bond motifs is 1. The van der Waals surface area contributed by atoms with Crippen LogP contribution in [0.25, 0.3) is 22.3 Å². The molecule has 0 radical (unpaired) electrons. The van der Waals surface area contributed by atoms with Gasteiger partial charge in [-0.2, -0.15) is 0 Å². The van der Waals surface area contributed by atoms with E-state index >= 15 is 0 Å². The molecule has 0 saturated heterocycles. The summed E-state index contributed by atoms with van der Waals surface area (Å²) in [6, 6.07) is 22.0. The van der Waals surface area contributed by atoms with Crippen LogP contribution in [0.2, 0.25) is 0 Å². The molecule has 0 atom stereocenters. The predicted octanol–water partition coefficient (Wildman–Crippen LogP) is 6.65. The Bertz CT molecular complexity index is 1500. The van der Waals surface area contributed by atoms with Crippen LogP contribution < -0.4 is 25.0 Å². The summed E-state index contributed by atoms with van der Waals surface area (Å²) >= 11 is 0. The average molecular weight is 559 g/mol. The molecule has 0 spiro atoms. The second-order valence-electron chi connectivity index (χ2n) is 10.0. The Labute approximate surface area is 240 Å². The zero-order chi connectivity index (χ0) is 29.0. The monoisotopic (exact) mass is 558 g/mol. The molecule has 1 N–H and O–H groups in total. The van der Waals surface area contributed by atoms with Crippen molar-refractivity contribution in [1.29, 1.82) is 0 Å². The van der Waals surface area contributed by atoms with Crippen LogP contribution in [-0.4, -0.2) is 45.3 Å². The number of amides is 1. The Morgan fingerprint density at radius 1 is 0.878 bits per heavy atom. The summed E-state index contributed by atoms with van der Waals surface area (Å²) in [5.41, 5.74) is 2.30. The van der Waals surface area contributed by atoms with Gasteiger partial charge in [-0.3, -0.25) is 4.79 Å². The summed E-state index contributed by atoms with van der Waals surface area (Å²) in [5.74, 6) is 2.43. The van der Waals surface area contributed by atoms with Crippen molar-refractivity contribution in [3.63, 3.8) is 0 Å². The number of hydrogen-bond donors (Lipinski definition) is 1. The molecule has 41 heavy (non-hydrogen) atoms. The number of hydrogen-bond acceptors (Lipinski definition) is 7. The van der Waals surface area contributed by atoms with Gasteiger partial charge >= 0.3 is 6.09 Å². The van der Waals surface area contributed by atoms with Gasteiger partial charge in [0.25, 0.3) is 0 Å². The van der Waals surface area contributed by atoms with E-state index in [0.717, 1.165) is 62.1 Å². The molecule has 1 aromatic heterocycles. The van der Waals surface area contributed by atoms with Crippen LogP contribution in [0.15, 0.2) is 82.0 Å². The SMILES string of the molecule is CNC(=O)Oc1cccc(CN(C)CCCCCCCOc2cccc(-c3cc(=O)c4ccc(OC)cc4o3)c2)c1. The third-order valence-electron chi connectivity index (χ3n) is 6.77. The maximum atomic E-state index is 12.6. The Balaban J connectivity index is 1.16. The van der Waals surface area contributed by atoms with Gasteiger partial charge in [-0.25, -0.2) is 4.79 Å². The van der Waals surface area contributed by atoms with Crippen molar-refractivity contribution in [2.24, 2.45) is 0 Å². The molecule has 216 valence electrons. The van der Waals surface area contributed by atoms with Crippen molar-refractivity contribution >= 4 is 17.1 Å². The van der Waals surface area contributed by atoms with Crippen LogP contribution in [0.3, 0.4) is 0 Å². The Morgan fingerprint density at radius 2 is 1.66 bits per heavy atom. The maximum absolute atomic E-state index is 12.6. The van der Waals surface area contributed by atoms with E-state index in [2.05, 4.69) is 17.3 Å². The molecule has 0 aliphatic heterocycles. The van der Waals surface area contributed by atoms with Gasteiger partial charge in [-0.1, -0.05) is 43.5 Å². The van der Waals surface area contributed by atoms with Crippen LogP contribution in [0.4, 0.5) is 4.79 Å². The average Bonchev–Trinajstić information content (AvgIpc) is 2.98. The second kappa shape index (κ2) is 14.9. The van der Waals surface area contributed by atoms with E-state index in [1.54, 1.807) is 38.4 Å². The van der Waals surface area contributed by atoms with Gasteiger partial charge < -0.3 is 28.8 Å². The number of carbonyl (C=O) groups excluding carboxylic acids is 1. The minimum absolute atomic E-state index is 0.0944. The molecule has 0 unspecified atom stereocenters. The number of methoxy groups -OCH3 is 1. The van der Waals surface area contributed by atoms with Gasteiger partial charge in [0.15, 0.2) is 5.43 Å². The Morgan fingerprint density at radius 3 is 2.49 bits per heavy atom. The molecule has 4 rings (SSSR count). The number of rotatable bonds is 14. The number of ether oxygens (including phenoxy) is 3. The number of nitrogens with one attached hydrogen (secondary N) is 1. The summed E-state index contributed by atoms with van der Waals surface area (Å²) in [6.45, 7) is 2.44. The first-order valence-corrected chi connectivity index (χ1v) is 14.0. The zero-order valence-corrected chi connectivity index (χ0v) is 24.0. The molecule has 0 bridgehead atoms. The lowest BCUT2D eigenvalue weighted by molar-refractivity contribution is 0.203. The first kappa shape index (κ1) is 29.7. The fourth-order valence-electron chi connectivity index (χ4n) is 4.60. The number of nitrogens with zero attached hydrogens (tertiary/aromatic N) is 1. The lowest BCUT2D eigenvalue weighted by Crippen LogP contribution is -2.22. The lowest BCUT2D eigenvalue weighted by Gasteiger charge is -2.17. The molecule has 8 nitrogen and oxygen atoms in total. The van der Waals surface area contributed by atoms with Crippen molar-refractivity contribution in [1.82, 2.24) is 10.2 Å². The number of benzene rings is 3. The van der Waals surface area contributed by atoms with Crippen LogP contribution in [0.5, 0.6) is 17.2 Å². The molecule has 0 saturated carbocycles. The van der Waals surface area contributed by atoms with Crippen molar-refractivity contribution in [2.75, 3.05) is 34.4 Å². The van der Waals surface area contributed by atoms with Crippen molar-refractivity contribution < 1.29 is 23.4 Å². The van der Waals surface area contributed by atoms with Crippen LogP contribution in [0.1, 0.15) is 37.7 Å². The molecule has 0 fully saturated rings. The van der Waals surface area contributed by atoms with Crippen LogP contribution in [-0.2, 0) is 6.54 Å². The topological polar surface area (TPSA) is 90.2 Å². The van der Waals surface area contributed by atoms with E-state index in [0.29, 0.717) is 34.8 Å². The molecule has 3 aromatic carbocycles. The van der Waals surface area contributed by atoms with Gasteiger partial charge in [-0.05, 0) is 68.4 Å². The van der Waals surface area contributed by atoms with Crippen LogP contribution in [0, 0.1) is 0 Å². The summed E-state index contributed by atoms with van der Waals surface area (Å²) < 4.78 is 22.5. The predicted molar refractivity (Wildman–Crippen MR) is 161 cm³/mol. The molecule has 1 heterocycles. The minimum Gasteiger partial charge on any atom is -0.497 e. The highest BCUT2D eigenvalue weighted by Crippen LogP contribution is 2.27. The highest BCUT2D eigenvalue weighted by Gasteiger charge is 2.10. The molecule has 0 aliphatic rings. The van der Waals surface area contributed by atoms with Gasteiger partial charge in [0.2, 0.25) is 0 Å². The van der Waals surface area contributed by atoms with Gasteiger partial charge in [0.05, 0.1) is 19.1 Å². The number of carbonyl (C=O) groups is 1. The Hall–Kier alpha value is -4.30. The molecule has 0 aliphatic carbocycles. The maximum Gasteiger partial charge on any atom is 0.412 e. The van der Waals surface area contributed by atoms with E-state index < -0.39 is 6.09 Å². The van der Waals surface area contributed by atoms with Gasteiger partial charge in [0, 0.05) is 31.3 Å². The summed E-state index contributed by atoms with van der Waals surface area (Å²) in [7, 11) is 5.23. The van der Waals surface area contributed by atoms with E-state index in [-0.39, 0.29) is 5.43 Å². The van der Waals surface area contributed by atoms with E-state index in [4.69, 9.17) is 18.6 Å². The van der Waals surface area contributed by atoms with Crippen LogP contribution >= 0.6 is 0 Å². The first-order valence-electron chi connectivity index (χ1n) is 14.0. The van der Waals surface area contributed by atoms with Gasteiger partial charge in [-0.15, -0.1) is 0 Å². The summed E-state index contributed by atoms with van der Waals surface area (Å²) in [5, 5.41) is 2.98. The standard InChI is InChI=1S/C33H38N2O6/c1-34-33(37)40-28-14-9-11-24(19-28)23-35(2)17-7-5-4-6-8-18-39-27-13-10-12-25(20-27)31-22-30(36)29-16-15-26(38-3)21-32(29)41-31/h9-16,19-22H,4-8,17-18,23H2,1-3H3,(H,34,37). The zero-order valence-electron chi connectivity index (χ0n) is 24.0. The quantitative estimate of drug-likeness (QED) is 0.173. The summed E-state index contributed by atoms with van der Waals surface area (Å²) in [6.07, 6.45) is 5.04. The third-order valence-corrected chi connectivity index (χ3v) is 6.77. The van der Waals surface area contributed by atoms with Crippen molar-refractivity contribution in [3.8, 4) is 28.6 Å². The van der Waals surface area contributed by atoms with E-state index in [1.807, 2.05) is 42.5 Å². The van der Waals surface area contributed by atoms with Gasteiger partial charge in [0.1, 0.15) is 28.6 Å². The molecule has 1 amide bonds. The molecular weight excluding hydrogens is 520 g/mol. The largest absolute Gasteiger partial charge is 0.497 e. The minimum atomic E-state index is -0.466. The smallest absolute Gasteiger partial charge is 0.412 e. The fraction of sp³-hybridized carbons (Fsp3) is 0.333. The second-order valence-corrected chi connectivity index (χ2v) is 10.0. The molecule has 8 heteroatoms. The lowest BCUT2D eigenvalue weighted by atomic mass is 10.1. The molecular formula is C33H38N2O6. The Kier molecular flexibility index (Phi) is 10.8. The van der Waals surface area contributed by atoms with E-state index in [9.17, 15) is 9.59 Å². The summed E-state index contributed by atoms with van der Waals surface area (Å²) in [4.78, 5) is 26.3. The van der Waals surface area contributed by atoms with Crippen molar-refractivity contribution in [3.05, 3.63) is 88.6 Å². The highest BCUT2D eigenvalue weighted by atomic mass is 16.6. The van der Waals surface area contributed by atoms with E-state index in [1.165, 1.54) is 6.07 Å².